The van der Waals surface area contributed by atoms with Crippen LogP contribution in [-0.4, -0.2) is 37.2 Å². The fourth-order valence-electron chi connectivity index (χ4n) is 9.89. The summed E-state index contributed by atoms with van der Waals surface area (Å²) in [6.07, 6.45) is 93.5. The first kappa shape index (κ1) is 77.3. The summed E-state index contributed by atoms with van der Waals surface area (Å²) in [6, 6.07) is 0. The molecule has 0 aliphatic carbocycles. The average Bonchev–Trinajstić information content (AvgIpc) is 3.47. The molecule has 6 nitrogen and oxygen atoms in total. The van der Waals surface area contributed by atoms with E-state index in [4.69, 9.17) is 14.2 Å². The minimum absolute atomic E-state index is 0.0772. The molecule has 0 heterocycles. The van der Waals surface area contributed by atoms with E-state index in [1.807, 2.05) is 0 Å². The molecular formula is C75H130O6. The Labute approximate surface area is 502 Å². The fraction of sp³-hybridized carbons (Fsp3) is 0.747. The van der Waals surface area contributed by atoms with Crippen LogP contribution in [0.4, 0.5) is 0 Å². The van der Waals surface area contributed by atoms with E-state index in [2.05, 4.69) is 118 Å². The van der Waals surface area contributed by atoms with Gasteiger partial charge in [0.1, 0.15) is 13.2 Å². The van der Waals surface area contributed by atoms with Crippen molar-refractivity contribution in [3.63, 3.8) is 0 Å². The first-order valence-corrected chi connectivity index (χ1v) is 34.7. The number of hydrogen-bond donors (Lipinski definition) is 0. The van der Waals surface area contributed by atoms with Gasteiger partial charge in [-0.25, -0.2) is 0 Å². The van der Waals surface area contributed by atoms with E-state index in [1.165, 1.54) is 186 Å². The lowest BCUT2D eigenvalue weighted by atomic mass is 10.0. The van der Waals surface area contributed by atoms with Crippen molar-refractivity contribution in [2.75, 3.05) is 13.2 Å². The van der Waals surface area contributed by atoms with Gasteiger partial charge in [0.15, 0.2) is 6.10 Å². The van der Waals surface area contributed by atoms with E-state index < -0.39 is 6.10 Å². The van der Waals surface area contributed by atoms with Crippen molar-refractivity contribution >= 4 is 17.9 Å². The summed E-state index contributed by atoms with van der Waals surface area (Å²) >= 11 is 0. The lowest BCUT2D eigenvalue weighted by Gasteiger charge is -2.18. The van der Waals surface area contributed by atoms with Gasteiger partial charge in [0.05, 0.1) is 0 Å². The zero-order valence-corrected chi connectivity index (χ0v) is 53.5. The van der Waals surface area contributed by atoms with E-state index in [1.54, 1.807) is 0 Å². The van der Waals surface area contributed by atoms with Crippen molar-refractivity contribution in [3.8, 4) is 0 Å². The van der Waals surface area contributed by atoms with E-state index >= 15 is 0 Å². The van der Waals surface area contributed by atoms with Gasteiger partial charge in [0, 0.05) is 19.3 Å². The van der Waals surface area contributed by atoms with Gasteiger partial charge in [-0.1, -0.05) is 317 Å². The Bertz CT molecular complexity index is 1580. The maximum absolute atomic E-state index is 12.8. The predicted octanol–water partition coefficient (Wildman–Crippen LogP) is 24.0. The topological polar surface area (TPSA) is 78.9 Å². The number of ether oxygens (including phenoxy) is 3. The Morgan fingerprint density at radius 1 is 0.259 bits per heavy atom. The molecule has 0 fully saturated rings. The van der Waals surface area contributed by atoms with Crippen molar-refractivity contribution in [2.45, 2.75) is 348 Å². The molecule has 0 saturated carbocycles. The smallest absolute Gasteiger partial charge is 0.306 e. The molecule has 0 aromatic rings. The molecule has 0 radical (unpaired) electrons. The van der Waals surface area contributed by atoms with Gasteiger partial charge in [-0.15, -0.1) is 0 Å². The Morgan fingerprint density at radius 3 is 0.753 bits per heavy atom. The SMILES string of the molecule is CC/C=C\C/C=C\C/C=C\C/C=C\C/C=C\CCCCCCCCCCCC(=O)OC(COC(=O)CCCCCCC)COC(=O)CCCCCCCCCCCCCCCCCCCC/C=C\C/C=C\C/C=C\CCCCCCC. The van der Waals surface area contributed by atoms with Gasteiger partial charge < -0.3 is 14.2 Å². The van der Waals surface area contributed by atoms with Crippen molar-refractivity contribution in [1.29, 1.82) is 0 Å². The number of allylic oxidation sites excluding steroid dienone is 16. The Hall–Kier alpha value is -3.67. The third-order valence-corrected chi connectivity index (χ3v) is 15.1. The Kier molecular flexibility index (Phi) is 65.7. The highest BCUT2D eigenvalue weighted by Gasteiger charge is 2.19. The van der Waals surface area contributed by atoms with Crippen LogP contribution in [0.2, 0.25) is 0 Å². The molecule has 0 spiro atoms. The van der Waals surface area contributed by atoms with Crippen LogP contribution in [0.25, 0.3) is 0 Å². The van der Waals surface area contributed by atoms with Crippen molar-refractivity contribution in [1.82, 2.24) is 0 Å². The monoisotopic (exact) mass is 1130 g/mol. The molecule has 0 aromatic heterocycles. The maximum Gasteiger partial charge on any atom is 0.306 e. The first-order valence-electron chi connectivity index (χ1n) is 34.7. The molecule has 81 heavy (non-hydrogen) atoms. The predicted molar refractivity (Wildman–Crippen MR) is 353 cm³/mol. The number of unbranched alkanes of at least 4 members (excludes halogenated alkanes) is 36. The van der Waals surface area contributed by atoms with E-state index in [-0.39, 0.29) is 31.1 Å². The maximum atomic E-state index is 12.8. The molecule has 1 unspecified atom stereocenters. The van der Waals surface area contributed by atoms with Gasteiger partial charge >= 0.3 is 17.9 Å². The molecule has 0 amide bonds. The number of carbonyl (C=O) groups excluding carboxylic acids is 3. The quantitative estimate of drug-likeness (QED) is 0.0261. The molecule has 0 N–H and O–H groups in total. The van der Waals surface area contributed by atoms with Crippen LogP contribution >= 0.6 is 0 Å². The second-order valence-electron chi connectivity index (χ2n) is 23.1. The van der Waals surface area contributed by atoms with Gasteiger partial charge in [-0.05, 0) is 103 Å². The van der Waals surface area contributed by atoms with Crippen LogP contribution < -0.4 is 0 Å². The minimum atomic E-state index is -0.777. The summed E-state index contributed by atoms with van der Waals surface area (Å²) in [4.78, 5) is 38.0. The summed E-state index contributed by atoms with van der Waals surface area (Å²) in [5, 5.41) is 0. The molecule has 0 aromatic carbocycles. The largest absolute Gasteiger partial charge is 0.462 e. The first-order chi connectivity index (χ1) is 40.0. The average molecular weight is 1130 g/mol. The molecule has 0 aliphatic rings. The molecular weight excluding hydrogens is 997 g/mol. The second kappa shape index (κ2) is 68.8. The summed E-state index contributed by atoms with van der Waals surface area (Å²) in [7, 11) is 0. The molecule has 6 heteroatoms. The van der Waals surface area contributed by atoms with Gasteiger partial charge in [0.25, 0.3) is 0 Å². The standard InChI is InChI=1S/C75H130O6/c1-4-7-10-13-15-17-19-21-23-25-27-29-31-33-34-35-36-37-38-39-40-42-43-45-47-49-51-53-55-57-59-62-65-68-74(77)80-71-72(70-79-73(76)67-64-61-12-9-6-3)81-75(78)69-66-63-60-58-56-54-52-50-48-46-44-41-32-30-28-26-24-22-20-18-16-14-11-8-5-2/h8,11,16,18-19,21-22,24-25,27-28,30-31,33,41,44,72H,4-7,9-10,12-15,17,20,23,26,29,32,34-40,42-43,45-71H2,1-3H3/b11-8-,18-16-,21-19-,24-22-,27-25-,30-28-,33-31-,44-41-. The molecule has 0 rings (SSSR count). The molecule has 0 saturated heterocycles. The van der Waals surface area contributed by atoms with Gasteiger partial charge in [-0.3, -0.25) is 14.4 Å². The van der Waals surface area contributed by atoms with Crippen LogP contribution in [0.3, 0.4) is 0 Å². The third-order valence-electron chi connectivity index (χ3n) is 15.1. The van der Waals surface area contributed by atoms with E-state index in [0.29, 0.717) is 19.3 Å². The van der Waals surface area contributed by atoms with E-state index in [9.17, 15) is 14.4 Å². The zero-order valence-electron chi connectivity index (χ0n) is 53.5. The molecule has 466 valence electrons. The molecule has 0 aliphatic heterocycles. The summed E-state index contributed by atoms with van der Waals surface area (Å²) in [5.74, 6) is -0.885. The number of rotatable bonds is 63. The second-order valence-corrected chi connectivity index (χ2v) is 23.1. The normalized spacial score (nSPS) is 12.7. The Morgan fingerprint density at radius 2 is 0.481 bits per heavy atom. The van der Waals surface area contributed by atoms with Crippen molar-refractivity contribution in [3.05, 3.63) is 97.2 Å². The highest BCUT2D eigenvalue weighted by Crippen LogP contribution is 2.17. The summed E-state index contributed by atoms with van der Waals surface area (Å²) in [5.41, 5.74) is 0. The lowest BCUT2D eigenvalue weighted by molar-refractivity contribution is -0.167. The Balaban J connectivity index is 3.97. The summed E-state index contributed by atoms with van der Waals surface area (Å²) < 4.78 is 16.8. The van der Waals surface area contributed by atoms with Gasteiger partial charge in [-0.2, -0.15) is 0 Å². The highest BCUT2D eigenvalue weighted by atomic mass is 16.6. The van der Waals surface area contributed by atoms with Crippen LogP contribution in [0.15, 0.2) is 97.2 Å². The van der Waals surface area contributed by atoms with Crippen LogP contribution in [0.5, 0.6) is 0 Å². The van der Waals surface area contributed by atoms with Crippen LogP contribution in [-0.2, 0) is 28.6 Å². The van der Waals surface area contributed by atoms with Crippen molar-refractivity contribution < 1.29 is 28.6 Å². The third kappa shape index (κ3) is 67.0. The van der Waals surface area contributed by atoms with Crippen molar-refractivity contribution in [2.24, 2.45) is 0 Å². The lowest BCUT2D eigenvalue weighted by Crippen LogP contribution is -2.30. The zero-order chi connectivity index (χ0) is 58.5. The number of esters is 3. The highest BCUT2D eigenvalue weighted by molar-refractivity contribution is 5.71. The molecule has 1 atom stereocenters. The number of hydrogen-bond acceptors (Lipinski definition) is 6. The molecule has 0 bridgehead atoms. The van der Waals surface area contributed by atoms with Crippen LogP contribution in [0.1, 0.15) is 342 Å². The fourth-order valence-corrected chi connectivity index (χ4v) is 9.89. The number of carbonyl (C=O) groups is 3. The summed E-state index contributed by atoms with van der Waals surface area (Å²) in [6.45, 7) is 6.46. The minimum Gasteiger partial charge on any atom is -0.462 e. The van der Waals surface area contributed by atoms with Gasteiger partial charge in [0.2, 0.25) is 0 Å². The van der Waals surface area contributed by atoms with E-state index in [0.717, 1.165) is 116 Å². The van der Waals surface area contributed by atoms with Crippen LogP contribution in [0, 0.1) is 0 Å².